The predicted octanol–water partition coefficient (Wildman–Crippen LogP) is 3.13. The molecule has 0 fully saturated rings. The van der Waals surface area contributed by atoms with Gasteiger partial charge in [0.2, 0.25) is 15.8 Å². The Morgan fingerprint density at radius 1 is 1.00 bits per heavy atom. The van der Waals surface area contributed by atoms with Gasteiger partial charge in [-0.05, 0) is 12.1 Å². The lowest BCUT2D eigenvalue weighted by Crippen LogP contribution is -2.13. The van der Waals surface area contributed by atoms with Gasteiger partial charge in [0.25, 0.3) is 5.91 Å². The van der Waals surface area contributed by atoms with Crippen LogP contribution in [-0.4, -0.2) is 47.0 Å². The molecule has 0 atom stereocenters. The molecule has 4 aromatic rings. The zero-order valence-electron chi connectivity index (χ0n) is 15.9. The third kappa shape index (κ3) is 3.45. The van der Waals surface area contributed by atoms with E-state index < -0.39 is 0 Å². The van der Waals surface area contributed by atoms with Crippen molar-refractivity contribution in [3.05, 3.63) is 48.0 Å². The molecule has 9 nitrogen and oxygen atoms in total. The molecule has 0 aliphatic heterocycles. The highest BCUT2D eigenvalue weighted by Gasteiger charge is 2.19. The van der Waals surface area contributed by atoms with Crippen LogP contribution in [-0.2, 0) is 0 Å². The Balaban J connectivity index is 1.64. The minimum Gasteiger partial charge on any atom is -0.493 e. The van der Waals surface area contributed by atoms with Gasteiger partial charge in [0, 0.05) is 11.1 Å². The molecule has 0 saturated heterocycles. The summed E-state index contributed by atoms with van der Waals surface area (Å²) >= 11 is 1.22. The first-order valence-corrected chi connectivity index (χ1v) is 9.35. The van der Waals surface area contributed by atoms with Gasteiger partial charge in [0.1, 0.15) is 0 Å². The van der Waals surface area contributed by atoms with E-state index in [-0.39, 0.29) is 5.91 Å². The Morgan fingerprint density at radius 2 is 1.69 bits per heavy atom. The summed E-state index contributed by atoms with van der Waals surface area (Å²) in [7, 11) is 4.49. The smallest absolute Gasteiger partial charge is 0.257 e. The first-order valence-electron chi connectivity index (χ1n) is 8.53. The van der Waals surface area contributed by atoms with Crippen LogP contribution in [0.3, 0.4) is 0 Å². The van der Waals surface area contributed by atoms with Gasteiger partial charge in [-0.25, -0.2) is 0 Å². The van der Waals surface area contributed by atoms with Crippen LogP contribution >= 0.6 is 11.3 Å². The molecule has 1 N–H and O–H groups in total. The quantitative estimate of drug-likeness (QED) is 0.520. The fourth-order valence-electron chi connectivity index (χ4n) is 2.82. The molecule has 4 rings (SSSR count). The lowest BCUT2D eigenvalue weighted by atomic mass is 10.1. The van der Waals surface area contributed by atoms with Gasteiger partial charge in [-0.2, -0.15) is 4.52 Å². The van der Waals surface area contributed by atoms with Crippen LogP contribution < -0.4 is 19.5 Å². The second-order valence-electron chi connectivity index (χ2n) is 5.86. The molecule has 2 aromatic carbocycles. The lowest BCUT2D eigenvalue weighted by Gasteiger charge is -2.13. The van der Waals surface area contributed by atoms with Gasteiger partial charge in [0.15, 0.2) is 17.3 Å². The highest BCUT2D eigenvalue weighted by Crippen LogP contribution is 2.38. The number of benzene rings is 2. The average molecular weight is 411 g/mol. The largest absolute Gasteiger partial charge is 0.493 e. The maximum absolute atomic E-state index is 12.8. The predicted molar refractivity (Wildman–Crippen MR) is 108 cm³/mol. The standard InChI is InChI=1S/C19H17N5O4S/c1-26-13-9-12(10-14(27-2)15(13)28-3)17(25)20-18-23-24-16(21-22-19(24)29-18)11-7-5-4-6-8-11/h4-10H,1-3H3,(H,20,23,25). The van der Waals surface area contributed by atoms with Crippen molar-refractivity contribution in [2.45, 2.75) is 0 Å². The number of fused-ring (bicyclic) bond motifs is 1. The van der Waals surface area contributed by atoms with E-state index in [2.05, 4.69) is 20.6 Å². The third-order valence-corrected chi connectivity index (χ3v) is 4.98. The van der Waals surface area contributed by atoms with Gasteiger partial charge in [-0.15, -0.1) is 15.3 Å². The lowest BCUT2D eigenvalue weighted by molar-refractivity contribution is 0.102. The van der Waals surface area contributed by atoms with E-state index in [1.54, 1.807) is 16.6 Å². The minimum atomic E-state index is -0.365. The number of amides is 1. The van der Waals surface area contributed by atoms with Crippen LogP contribution in [0.2, 0.25) is 0 Å². The molecule has 0 unspecified atom stereocenters. The van der Waals surface area contributed by atoms with Crippen LogP contribution in [0.1, 0.15) is 10.4 Å². The normalized spacial score (nSPS) is 10.7. The number of methoxy groups -OCH3 is 3. The van der Waals surface area contributed by atoms with Crippen molar-refractivity contribution in [1.29, 1.82) is 0 Å². The van der Waals surface area contributed by atoms with Crippen LogP contribution in [0.4, 0.5) is 5.13 Å². The number of aromatic nitrogens is 4. The highest BCUT2D eigenvalue weighted by atomic mass is 32.1. The molecule has 148 valence electrons. The van der Waals surface area contributed by atoms with Crippen molar-refractivity contribution >= 4 is 27.3 Å². The van der Waals surface area contributed by atoms with Gasteiger partial charge in [-0.3, -0.25) is 10.1 Å². The van der Waals surface area contributed by atoms with Crippen molar-refractivity contribution in [2.24, 2.45) is 0 Å². The SMILES string of the molecule is COc1cc(C(=O)Nc2nn3c(-c4ccccc4)nnc3s2)cc(OC)c1OC. The Hall–Kier alpha value is -3.66. The van der Waals surface area contributed by atoms with E-state index in [0.717, 1.165) is 5.56 Å². The number of hydrogen-bond acceptors (Lipinski definition) is 8. The van der Waals surface area contributed by atoms with Crippen molar-refractivity contribution < 1.29 is 19.0 Å². The number of nitrogens with zero attached hydrogens (tertiary/aromatic N) is 4. The zero-order valence-corrected chi connectivity index (χ0v) is 16.7. The number of hydrogen-bond donors (Lipinski definition) is 1. The Bertz CT molecular complexity index is 1150. The summed E-state index contributed by atoms with van der Waals surface area (Å²) in [6, 6.07) is 12.7. The van der Waals surface area contributed by atoms with Gasteiger partial charge in [0.05, 0.1) is 21.3 Å². The van der Waals surface area contributed by atoms with Gasteiger partial charge in [-0.1, -0.05) is 41.7 Å². The second-order valence-corrected chi connectivity index (χ2v) is 6.82. The van der Waals surface area contributed by atoms with Gasteiger partial charge < -0.3 is 14.2 Å². The highest BCUT2D eigenvalue weighted by molar-refractivity contribution is 7.20. The molecule has 2 aromatic heterocycles. The number of carbonyl (C=O) groups is 1. The summed E-state index contributed by atoms with van der Waals surface area (Å²) in [6.07, 6.45) is 0. The van der Waals surface area contributed by atoms with Crippen molar-refractivity contribution in [1.82, 2.24) is 19.8 Å². The first-order chi connectivity index (χ1) is 14.1. The van der Waals surface area contributed by atoms with Crippen molar-refractivity contribution in [3.63, 3.8) is 0 Å². The molecule has 0 spiro atoms. The molecule has 29 heavy (non-hydrogen) atoms. The van der Waals surface area contributed by atoms with Gasteiger partial charge >= 0.3 is 0 Å². The minimum absolute atomic E-state index is 0.341. The first kappa shape index (κ1) is 18.7. The summed E-state index contributed by atoms with van der Waals surface area (Å²) in [5, 5.41) is 15.9. The van der Waals surface area contributed by atoms with E-state index in [9.17, 15) is 4.79 Å². The molecule has 0 aliphatic carbocycles. The fourth-order valence-corrected chi connectivity index (χ4v) is 3.55. The number of anilines is 1. The summed E-state index contributed by atoms with van der Waals surface area (Å²) in [4.78, 5) is 13.3. The van der Waals surface area contributed by atoms with E-state index in [1.807, 2.05) is 30.3 Å². The Morgan fingerprint density at radius 3 is 2.31 bits per heavy atom. The second kappa shape index (κ2) is 7.76. The summed E-state index contributed by atoms with van der Waals surface area (Å²) in [5.74, 6) is 1.43. The summed E-state index contributed by atoms with van der Waals surface area (Å²) < 4.78 is 17.5. The molecular formula is C19H17N5O4S. The molecule has 0 aliphatic rings. The van der Waals surface area contributed by atoms with E-state index >= 15 is 0 Å². The Kier molecular flexibility index (Phi) is 5.00. The molecule has 1 amide bonds. The van der Waals surface area contributed by atoms with Crippen molar-refractivity contribution in [3.8, 4) is 28.6 Å². The fraction of sp³-hybridized carbons (Fsp3) is 0.158. The average Bonchev–Trinajstić information content (AvgIpc) is 3.33. The number of nitrogens with one attached hydrogen (secondary N) is 1. The van der Waals surface area contributed by atoms with E-state index in [1.165, 1.54) is 32.7 Å². The van der Waals surface area contributed by atoms with Crippen LogP contribution in [0, 0.1) is 0 Å². The van der Waals surface area contributed by atoms with Crippen LogP contribution in [0.15, 0.2) is 42.5 Å². The number of rotatable bonds is 6. The number of carbonyl (C=O) groups excluding carboxylic acids is 1. The molecule has 10 heteroatoms. The van der Waals surface area contributed by atoms with Crippen LogP contribution in [0.5, 0.6) is 17.2 Å². The Labute approximate surface area is 169 Å². The summed E-state index contributed by atoms with van der Waals surface area (Å²) in [6.45, 7) is 0. The number of ether oxygens (including phenoxy) is 3. The monoisotopic (exact) mass is 411 g/mol. The molecule has 0 radical (unpaired) electrons. The maximum atomic E-state index is 12.8. The molecule has 0 saturated carbocycles. The molecule has 2 heterocycles. The van der Waals surface area contributed by atoms with Crippen molar-refractivity contribution in [2.75, 3.05) is 26.6 Å². The topological polar surface area (TPSA) is 99.9 Å². The summed E-state index contributed by atoms with van der Waals surface area (Å²) in [5.41, 5.74) is 1.22. The molecular weight excluding hydrogens is 394 g/mol. The zero-order chi connectivity index (χ0) is 20.4. The van der Waals surface area contributed by atoms with E-state index in [0.29, 0.717) is 38.7 Å². The third-order valence-electron chi connectivity index (χ3n) is 4.17. The maximum Gasteiger partial charge on any atom is 0.257 e. The molecule has 0 bridgehead atoms. The van der Waals surface area contributed by atoms with E-state index in [4.69, 9.17) is 14.2 Å². The van der Waals surface area contributed by atoms with Crippen LogP contribution in [0.25, 0.3) is 16.3 Å².